The quantitative estimate of drug-likeness (QED) is 0.188. The third-order valence-electron chi connectivity index (χ3n) is 9.01. The van der Waals surface area contributed by atoms with Gasteiger partial charge in [0.1, 0.15) is 5.58 Å². The van der Waals surface area contributed by atoms with E-state index in [0.717, 1.165) is 49.8 Å². The number of fused-ring (bicyclic) bond motifs is 6. The zero-order chi connectivity index (χ0) is 33.3. The fraction of sp³-hybridized carbons (Fsp3) is 0. The predicted molar refractivity (Wildman–Crippen MR) is 209 cm³/mol. The van der Waals surface area contributed by atoms with Gasteiger partial charge in [0, 0.05) is 45.1 Å². The van der Waals surface area contributed by atoms with Gasteiger partial charge in [-0.05, 0) is 53.6 Å². The SMILES string of the molecule is C1=C/C=C/C=NC(c2ccccc2)=NC(c2ccc3c(c2)oc2c(-n4c5ccccc5c5c(-c6ccccc6)cccc54)cccc23)=NC=C1. The van der Waals surface area contributed by atoms with E-state index in [1.165, 1.54) is 21.9 Å². The Morgan fingerprint density at radius 3 is 2.10 bits per heavy atom. The molecule has 1 aliphatic heterocycles. The topological polar surface area (TPSA) is 55.1 Å². The number of furan rings is 1. The molecule has 2 aromatic heterocycles. The summed E-state index contributed by atoms with van der Waals surface area (Å²) in [6.07, 6.45) is 13.1. The molecule has 1 aliphatic rings. The molecule has 0 saturated carbocycles. The zero-order valence-electron chi connectivity index (χ0n) is 27.0. The van der Waals surface area contributed by atoms with Crippen LogP contribution in [-0.2, 0) is 0 Å². The highest BCUT2D eigenvalue weighted by molar-refractivity contribution is 6.18. The molecule has 0 amide bonds. The maximum Gasteiger partial charge on any atom is 0.161 e. The number of rotatable bonds is 4. The van der Waals surface area contributed by atoms with Crippen molar-refractivity contribution in [2.75, 3.05) is 0 Å². The van der Waals surface area contributed by atoms with Crippen LogP contribution in [-0.4, -0.2) is 22.5 Å². The van der Waals surface area contributed by atoms with E-state index in [0.29, 0.717) is 11.7 Å². The van der Waals surface area contributed by atoms with E-state index in [9.17, 15) is 0 Å². The van der Waals surface area contributed by atoms with Crippen molar-refractivity contribution in [1.29, 1.82) is 0 Å². The maximum absolute atomic E-state index is 6.81. The van der Waals surface area contributed by atoms with Crippen molar-refractivity contribution >= 4 is 61.6 Å². The molecule has 6 aromatic carbocycles. The van der Waals surface area contributed by atoms with Crippen LogP contribution in [0.3, 0.4) is 0 Å². The monoisotopic (exact) mass is 642 g/mol. The van der Waals surface area contributed by atoms with E-state index in [2.05, 4.69) is 113 Å². The van der Waals surface area contributed by atoms with Gasteiger partial charge >= 0.3 is 0 Å². The Bertz CT molecular complexity index is 2740. The average Bonchev–Trinajstić information content (AvgIpc) is 3.71. The molecular weight excluding hydrogens is 613 g/mol. The molecule has 3 heterocycles. The molecule has 8 aromatic rings. The fourth-order valence-corrected chi connectivity index (χ4v) is 6.78. The van der Waals surface area contributed by atoms with Gasteiger partial charge in [0.25, 0.3) is 0 Å². The number of amidine groups is 2. The molecule has 5 heteroatoms. The number of benzene rings is 6. The summed E-state index contributed by atoms with van der Waals surface area (Å²) in [6.45, 7) is 0. The van der Waals surface area contributed by atoms with Gasteiger partial charge in [-0.1, -0.05) is 127 Å². The Morgan fingerprint density at radius 1 is 0.500 bits per heavy atom. The summed E-state index contributed by atoms with van der Waals surface area (Å²) in [6, 6.07) is 48.3. The molecule has 236 valence electrons. The first-order valence-electron chi connectivity index (χ1n) is 16.6. The van der Waals surface area contributed by atoms with E-state index >= 15 is 0 Å². The van der Waals surface area contributed by atoms with Crippen LogP contribution in [0.1, 0.15) is 11.1 Å². The second kappa shape index (κ2) is 12.6. The predicted octanol–water partition coefficient (Wildman–Crippen LogP) is 11.3. The summed E-state index contributed by atoms with van der Waals surface area (Å²) in [5.41, 5.74) is 8.95. The van der Waals surface area contributed by atoms with E-state index in [1.807, 2.05) is 66.8 Å². The maximum atomic E-state index is 6.81. The molecule has 0 N–H and O–H groups in total. The summed E-state index contributed by atoms with van der Waals surface area (Å²) in [4.78, 5) is 14.4. The van der Waals surface area contributed by atoms with Crippen LogP contribution in [0.25, 0.3) is 60.6 Å². The van der Waals surface area contributed by atoms with Gasteiger partial charge in [-0.25, -0.2) is 15.0 Å². The van der Waals surface area contributed by atoms with Gasteiger partial charge in [-0.15, -0.1) is 0 Å². The molecule has 9 rings (SSSR count). The van der Waals surface area contributed by atoms with Crippen molar-refractivity contribution in [3.8, 4) is 16.8 Å². The first-order valence-corrected chi connectivity index (χ1v) is 16.6. The summed E-state index contributed by atoms with van der Waals surface area (Å²) in [5.74, 6) is 1.11. The number of hydrogen-bond acceptors (Lipinski definition) is 4. The van der Waals surface area contributed by atoms with Crippen molar-refractivity contribution in [3.63, 3.8) is 0 Å². The molecule has 0 bridgehead atoms. The minimum atomic E-state index is 0.536. The third-order valence-corrected chi connectivity index (χ3v) is 9.01. The molecule has 0 atom stereocenters. The molecule has 50 heavy (non-hydrogen) atoms. The van der Waals surface area contributed by atoms with Crippen molar-refractivity contribution in [3.05, 3.63) is 187 Å². The van der Waals surface area contributed by atoms with Gasteiger partial charge in [0.05, 0.1) is 16.7 Å². The van der Waals surface area contributed by atoms with Crippen LogP contribution in [0.15, 0.2) is 196 Å². The van der Waals surface area contributed by atoms with Gasteiger partial charge in [0.15, 0.2) is 17.3 Å². The Balaban J connectivity index is 1.23. The molecule has 0 unspecified atom stereocenters. The molecule has 0 radical (unpaired) electrons. The lowest BCUT2D eigenvalue weighted by atomic mass is 9.99. The lowest BCUT2D eigenvalue weighted by Crippen LogP contribution is -2.05. The number of para-hydroxylation sites is 2. The number of allylic oxidation sites excluding steroid dienone is 5. The van der Waals surface area contributed by atoms with Crippen molar-refractivity contribution < 1.29 is 4.42 Å². The lowest BCUT2D eigenvalue weighted by Gasteiger charge is -2.09. The second-order valence-corrected chi connectivity index (χ2v) is 12.0. The highest BCUT2D eigenvalue weighted by atomic mass is 16.3. The summed E-state index contributed by atoms with van der Waals surface area (Å²) in [7, 11) is 0. The number of aliphatic imine (C=N–C) groups is 3. The normalized spacial score (nSPS) is 14.2. The van der Waals surface area contributed by atoms with Gasteiger partial charge in [0.2, 0.25) is 0 Å². The molecule has 0 spiro atoms. The first-order chi connectivity index (χ1) is 24.8. The molecule has 0 saturated heterocycles. The summed E-state index contributed by atoms with van der Waals surface area (Å²) >= 11 is 0. The Kier molecular flexibility index (Phi) is 7.41. The highest BCUT2D eigenvalue weighted by Gasteiger charge is 2.20. The second-order valence-electron chi connectivity index (χ2n) is 12.0. The average molecular weight is 643 g/mol. The van der Waals surface area contributed by atoms with E-state index in [1.54, 1.807) is 12.4 Å². The van der Waals surface area contributed by atoms with Crippen LogP contribution < -0.4 is 0 Å². The lowest BCUT2D eigenvalue weighted by molar-refractivity contribution is 0.666. The van der Waals surface area contributed by atoms with Gasteiger partial charge in [-0.3, -0.25) is 0 Å². The largest absolute Gasteiger partial charge is 0.454 e. The summed E-state index contributed by atoms with van der Waals surface area (Å²) < 4.78 is 9.14. The van der Waals surface area contributed by atoms with Crippen LogP contribution in [0.5, 0.6) is 0 Å². The Hall–Kier alpha value is -6.85. The van der Waals surface area contributed by atoms with E-state index in [4.69, 9.17) is 14.4 Å². The molecule has 0 aliphatic carbocycles. The van der Waals surface area contributed by atoms with Crippen LogP contribution in [0, 0.1) is 0 Å². The fourth-order valence-electron chi connectivity index (χ4n) is 6.78. The minimum Gasteiger partial charge on any atom is -0.454 e. The molecular formula is C45H30N4O. The van der Waals surface area contributed by atoms with Gasteiger partial charge in [-0.2, -0.15) is 0 Å². The Morgan fingerprint density at radius 2 is 1.22 bits per heavy atom. The zero-order valence-corrected chi connectivity index (χ0v) is 27.0. The van der Waals surface area contributed by atoms with Crippen LogP contribution in [0.4, 0.5) is 0 Å². The number of aromatic nitrogens is 1. The van der Waals surface area contributed by atoms with E-state index in [-0.39, 0.29) is 0 Å². The minimum absolute atomic E-state index is 0.536. The van der Waals surface area contributed by atoms with E-state index < -0.39 is 0 Å². The van der Waals surface area contributed by atoms with Crippen molar-refractivity contribution in [2.45, 2.75) is 0 Å². The van der Waals surface area contributed by atoms with Crippen molar-refractivity contribution in [1.82, 2.24) is 4.57 Å². The number of hydrogen-bond donors (Lipinski definition) is 0. The summed E-state index contributed by atoms with van der Waals surface area (Å²) in [5, 5.41) is 4.49. The molecule has 5 nitrogen and oxygen atoms in total. The van der Waals surface area contributed by atoms with Crippen LogP contribution in [0.2, 0.25) is 0 Å². The number of nitrogens with zero attached hydrogens (tertiary/aromatic N) is 4. The highest BCUT2D eigenvalue weighted by Crippen LogP contribution is 2.41. The van der Waals surface area contributed by atoms with Gasteiger partial charge < -0.3 is 8.98 Å². The Labute approximate surface area is 288 Å². The standard InChI is InChI=1S/C45H30N4O/c1-2-12-28-46-44(32-18-8-5-9-19-32)48-45(47-29-13-3-1)33-26-27-35-36-22-15-25-40(43(36)50-41(35)30-33)49-38-23-11-10-20-37(38)42-34(21-14-24-39(42)49)31-16-6-4-7-17-31/h1-30H/b2-1?,3-1?,12-2+,13-3?,28-12?,29-13?,46-28?,46-44?,47-29?,47-45?,48-44?,48-45?. The smallest absolute Gasteiger partial charge is 0.161 e. The first kappa shape index (κ1) is 29.3. The van der Waals surface area contributed by atoms with Crippen molar-refractivity contribution in [2.24, 2.45) is 15.0 Å². The molecule has 0 fully saturated rings. The third kappa shape index (κ3) is 5.18. The van der Waals surface area contributed by atoms with Crippen LogP contribution >= 0.6 is 0 Å².